The lowest BCUT2D eigenvalue weighted by molar-refractivity contribution is -0.123. The average molecular weight is 616 g/mol. The maximum absolute atomic E-state index is 13.6. The monoisotopic (exact) mass is 615 g/mol. The topological polar surface area (TPSA) is 124 Å². The minimum absolute atomic E-state index is 0.190. The van der Waals surface area contributed by atoms with Crippen LogP contribution in [0.2, 0.25) is 0 Å². The van der Waals surface area contributed by atoms with Crippen molar-refractivity contribution in [2.75, 3.05) is 6.54 Å². The molecule has 0 spiro atoms. The van der Waals surface area contributed by atoms with Crippen LogP contribution in [0.15, 0.2) is 97.5 Å². The van der Waals surface area contributed by atoms with Crippen molar-refractivity contribution in [3.63, 3.8) is 0 Å². The van der Waals surface area contributed by atoms with Crippen molar-refractivity contribution < 1.29 is 9.59 Å². The van der Waals surface area contributed by atoms with Crippen LogP contribution in [-0.4, -0.2) is 39.4 Å². The number of H-pyrrole nitrogens is 1. The Morgan fingerprint density at radius 3 is 2.63 bits per heavy atom. The van der Waals surface area contributed by atoms with Crippen molar-refractivity contribution in [1.29, 1.82) is 0 Å². The molecule has 2 heterocycles. The number of hydrogen-bond donors (Lipinski definition) is 5. The van der Waals surface area contributed by atoms with Gasteiger partial charge in [-0.2, -0.15) is 0 Å². The fourth-order valence-corrected chi connectivity index (χ4v) is 6.15. The molecule has 5 aromatic rings. The molecule has 236 valence electrons. The van der Waals surface area contributed by atoms with Gasteiger partial charge in [0.1, 0.15) is 11.9 Å². The van der Waals surface area contributed by atoms with Crippen molar-refractivity contribution in [3.8, 4) is 0 Å². The highest BCUT2D eigenvalue weighted by molar-refractivity contribution is 5.97. The second-order valence-corrected chi connectivity index (χ2v) is 11.8. The molecule has 2 atom stereocenters. The van der Waals surface area contributed by atoms with E-state index < -0.39 is 6.04 Å². The summed E-state index contributed by atoms with van der Waals surface area (Å²) < 4.78 is 0. The third-order valence-corrected chi connectivity index (χ3v) is 8.60. The maximum Gasteiger partial charge on any atom is 0.251 e. The molecular weight excluding hydrogens is 574 g/mol. The number of nitrogens with zero attached hydrogens (tertiary/aromatic N) is 2. The van der Waals surface area contributed by atoms with Crippen LogP contribution in [0.5, 0.6) is 0 Å². The first-order valence-electron chi connectivity index (χ1n) is 16.1. The van der Waals surface area contributed by atoms with Crippen LogP contribution in [0.3, 0.4) is 0 Å². The van der Waals surface area contributed by atoms with Crippen LogP contribution in [0, 0.1) is 0 Å². The molecule has 9 heteroatoms. The summed E-state index contributed by atoms with van der Waals surface area (Å²) in [7, 11) is 0. The molecule has 0 fully saturated rings. The molecule has 5 N–H and O–H groups in total. The van der Waals surface area contributed by atoms with Crippen molar-refractivity contribution >= 4 is 22.6 Å². The van der Waals surface area contributed by atoms with Crippen molar-refractivity contribution in [2.45, 2.75) is 63.8 Å². The fourth-order valence-electron chi connectivity index (χ4n) is 6.15. The first-order chi connectivity index (χ1) is 22.6. The molecule has 46 heavy (non-hydrogen) atoms. The molecule has 0 bridgehead atoms. The molecule has 0 aliphatic heterocycles. The first kappa shape index (κ1) is 31.1. The summed E-state index contributed by atoms with van der Waals surface area (Å²) in [6, 6.07) is 25.4. The lowest BCUT2D eigenvalue weighted by Gasteiger charge is -2.25. The number of benzene rings is 3. The molecule has 0 radical (unpaired) electrons. The number of aryl methyl sites for hydroxylation is 1. The predicted octanol–water partition coefficient (Wildman–Crippen LogP) is 5.11. The number of imidazole rings is 1. The lowest BCUT2D eigenvalue weighted by atomic mass is 9.92. The molecule has 1 unspecified atom stereocenters. The number of aromatic amines is 1. The zero-order valence-electron chi connectivity index (χ0n) is 26.0. The van der Waals surface area contributed by atoms with Crippen LogP contribution in [0.1, 0.15) is 70.3 Å². The molecule has 1 aliphatic carbocycles. The molecular formula is C37H41N7O2. The highest BCUT2D eigenvalue weighted by Crippen LogP contribution is 2.27. The van der Waals surface area contributed by atoms with E-state index in [2.05, 4.69) is 60.5 Å². The van der Waals surface area contributed by atoms with Gasteiger partial charge in [-0.05, 0) is 84.3 Å². The smallest absolute Gasteiger partial charge is 0.251 e. The number of rotatable bonds is 14. The number of carbonyl (C=O) groups excluding carboxylic acids is 2. The number of aromatic nitrogens is 3. The van der Waals surface area contributed by atoms with E-state index in [1.165, 1.54) is 5.56 Å². The Morgan fingerprint density at radius 2 is 1.76 bits per heavy atom. The Hall–Kier alpha value is -4.86. The number of fused-ring (bicyclic) bond motifs is 2. The Balaban J connectivity index is 1.07. The summed E-state index contributed by atoms with van der Waals surface area (Å²) in [5.74, 6) is 0.416. The van der Waals surface area contributed by atoms with Crippen LogP contribution in [0.4, 0.5) is 0 Å². The van der Waals surface area contributed by atoms with Crippen molar-refractivity contribution in [1.82, 2.24) is 36.2 Å². The van der Waals surface area contributed by atoms with Gasteiger partial charge in [0.15, 0.2) is 0 Å². The quantitative estimate of drug-likeness (QED) is 0.111. The number of amides is 2. The van der Waals surface area contributed by atoms with Gasteiger partial charge in [-0.25, -0.2) is 4.98 Å². The molecule has 1 aliphatic rings. The number of carbonyl (C=O) groups is 2. The Morgan fingerprint density at radius 1 is 0.891 bits per heavy atom. The fraction of sp³-hybridized carbons (Fsp3) is 0.297. The average Bonchev–Trinajstić information content (AvgIpc) is 3.62. The maximum atomic E-state index is 13.6. The second-order valence-electron chi connectivity index (χ2n) is 11.8. The number of hydrogen-bond acceptors (Lipinski definition) is 6. The molecule has 6 rings (SSSR count). The van der Waals surface area contributed by atoms with E-state index in [0.29, 0.717) is 31.6 Å². The summed E-state index contributed by atoms with van der Waals surface area (Å²) >= 11 is 0. The van der Waals surface area contributed by atoms with Gasteiger partial charge >= 0.3 is 0 Å². The molecule has 0 saturated carbocycles. The van der Waals surface area contributed by atoms with Gasteiger partial charge in [0.2, 0.25) is 5.91 Å². The van der Waals surface area contributed by atoms with Gasteiger partial charge in [0.05, 0.1) is 12.2 Å². The Labute approximate surface area is 269 Å². The lowest BCUT2D eigenvalue weighted by Crippen LogP contribution is -2.46. The minimum Gasteiger partial charge on any atom is -0.350 e. The van der Waals surface area contributed by atoms with E-state index in [1.54, 1.807) is 24.5 Å². The van der Waals surface area contributed by atoms with Gasteiger partial charge in [0.25, 0.3) is 5.91 Å². The Kier molecular flexibility index (Phi) is 10.4. The zero-order valence-corrected chi connectivity index (χ0v) is 26.0. The highest BCUT2D eigenvalue weighted by atomic mass is 16.2. The van der Waals surface area contributed by atoms with Gasteiger partial charge < -0.3 is 26.3 Å². The van der Waals surface area contributed by atoms with E-state index >= 15 is 0 Å². The SMILES string of the molecule is O=C(N[C@@H](CCCNC1CCCc2cccnc21)C(=O)NCc1cccc2ccccc12)c1ccc(CNCc2ncc[nH]2)cc1. The van der Waals surface area contributed by atoms with E-state index in [0.717, 1.165) is 65.6 Å². The second kappa shape index (κ2) is 15.4. The van der Waals surface area contributed by atoms with E-state index in [1.807, 2.05) is 48.7 Å². The van der Waals surface area contributed by atoms with Crippen molar-refractivity contribution in [3.05, 3.63) is 131 Å². The van der Waals surface area contributed by atoms with Crippen LogP contribution < -0.4 is 21.3 Å². The van der Waals surface area contributed by atoms with Gasteiger partial charge in [-0.3, -0.25) is 14.6 Å². The van der Waals surface area contributed by atoms with Crippen LogP contribution in [-0.2, 0) is 30.8 Å². The standard InChI is InChI=1S/C37H41N7O2/c45-36(29-17-15-26(16-18-29)23-38-25-34-40-21-22-41-34)44-33(14-6-19-39-32-13-4-9-28-11-5-20-42-35(28)32)37(46)43-24-30-10-3-8-27-7-1-2-12-31(27)30/h1-3,5,7-8,10-12,15-18,20-22,32-33,38-39H,4,6,9,13-14,19,23-25H2,(H,40,41)(H,43,46)(H,44,45)/t32?,33-/m0/s1. The molecule has 2 aromatic heterocycles. The predicted molar refractivity (Wildman–Crippen MR) is 180 cm³/mol. The summed E-state index contributed by atoms with van der Waals surface area (Å²) in [6.45, 7) is 2.39. The third kappa shape index (κ3) is 8.04. The highest BCUT2D eigenvalue weighted by Gasteiger charge is 2.23. The molecule has 0 saturated heterocycles. The summed E-state index contributed by atoms with van der Waals surface area (Å²) in [5.41, 5.74) is 5.05. The third-order valence-electron chi connectivity index (χ3n) is 8.60. The van der Waals surface area contributed by atoms with E-state index in [-0.39, 0.29) is 17.9 Å². The minimum atomic E-state index is -0.671. The molecule has 3 aromatic carbocycles. The van der Waals surface area contributed by atoms with E-state index in [4.69, 9.17) is 0 Å². The summed E-state index contributed by atoms with van der Waals surface area (Å²) in [6.07, 6.45) is 9.86. The van der Waals surface area contributed by atoms with Gasteiger partial charge in [-0.1, -0.05) is 60.7 Å². The Bertz CT molecular complexity index is 1730. The largest absolute Gasteiger partial charge is 0.350 e. The normalized spacial score (nSPS) is 14.8. The summed E-state index contributed by atoms with van der Waals surface area (Å²) in [4.78, 5) is 38.9. The number of pyridine rings is 1. The number of nitrogens with one attached hydrogen (secondary N) is 5. The molecule has 2 amide bonds. The van der Waals surface area contributed by atoms with Crippen LogP contribution in [0.25, 0.3) is 10.8 Å². The van der Waals surface area contributed by atoms with Gasteiger partial charge in [-0.15, -0.1) is 0 Å². The van der Waals surface area contributed by atoms with Gasteiger partial charge in [0, 0.05) is 43.3 Å². The summed E-state index contributed by atoms with van der Waals surface area (Å²) in [5, 5.41) is 15.3. The zero-order chi connectivity index (χ0) is 31.6. The van der Waals surface area contributed by atoms with Crippen molar-refractivity contribution in [2.24, 2.45) is 0 Å². The van der Waals surface area contributed by atoms with Crippen LogP contribution >= 0.6 is 0 Å². The molecule has 9 nitrogen and oxygen atoms in total. The first-order valence-corrected chi connectivity index (χ1v) is 16.1. The van der Waals surface area contributed by atoms with E-state index in [9.17, 15) is 9.59 Å².